The van der Waals surface area contributed by atoms with Crippen LogP contribution in [0.15, 0.2) is 30.3 Å². The molecule has 0 spiro atoms. The number of hydrogen-bond acceptors (Lipinski definition) is 2. The average Bonchev–Trinajstić information content (AvgIpc) is 2.59. The molecule has 0 unspecified atom stereocenters. The Morgan fingerprint density at radius 2 is 1.94 bits per heavy atom. The van der Waals surface area contributed by atoms with Gasteiger partial charge in [-0.05, 0) is 42.2 Å². The van der Waals surface area contributed by atoms with Crippen molar-refractivity contribution in [3.63, 3.8) is 0 Å². The van der Waals surface area contributed by atoms with Crippen LogP contribution in [0.1, 0.15) is 28.4 Å². The zero-order valence-electron chi connectivity index (χ0n) is 10.4. The maximum Gasteiger partial charge on any atom is 0.159 e. The largest absolute Gasteiger partial charge is 0.380 e. The predicted octanol–water partition coefficient (Wildman–Crippen LogP) is 3.45. The molecule has 0 aromatic heterocycles. The van der Waals surface area contributed by atoms with Crippen LogP contribution >= 0.6 is 0 Å². The van der Waals surface area contributed by atoms with E-state index < -0.39 is 0 Å². The van der Waals surface area contributed by atoms with Crippen LogP contribution in [0.4, 0.5) is 0 Å². The quantitative estimate of drug-likeness (QED) is 0.752. The first-order valence-electron chi connectivity index (χ1n) is 5.65. The van der Waals surface area contributed by atoms with Crippen molar-refractivity contribution in [2.24, 2.45) is 0 Å². The lowest BCUT2D eigenvalue weighted by Gasteiger charge is -2.02. The molecule has 2 heteroatoms. The molecule has 2 nitrogen and oxygen atoms in total. The van der Waals surface area contributed by atoms with Crippen LogP contribution < -0.4 is 0 Å². The number of hydrogen-bond donors (Lipinski definition) is 0. The topological polar surface area (TPSA) is 26.3 Å². The van der Waals surface area contributed by atoms with Crippen molar-refractivity contribution in [1.29, 1.82) is 0 Å². The van der Waals surface area contributed by atoms with E-state index in [-0.39, 0.29) is 5.78 Å². The molecule has 0 saturated heterocycles. The molecule has 0 aromatic rings. The molecule has 0 fully saturated rings. The lowest BCUT2D eigenvalue weighted by atomic mass is 10.1. The predicted molar refractivity (Wildman–Crippen MR) is 68.5 cm³/mol. The van der Waals surface area contributed by atoms with Crippen LogP contribution in [-0.2, 0) is 11.3 Å². The van der Waals surface area contributed by atoms with Crippen molar-refractivity contribution < 1.29 is 9.53 Å². The van der Waals surface area contributed by atoms with Crippen LogP contribution in [-0.4, -0.2) is 12.9 Å². The first-order chi connectivity index (χ1) is 8.13. The second kappa shape index (κ2) is 4.68. The Balaban J connectivity index is 2.65. The van der Waals surface area contributed by atoms with E-state index in [2.05, 4.69) is 19.1 Å². The van der Waals surface area contributed by atoms with Crippen molar-refractivity contribution in [2.45, 2.75) is 20.5 Å². The van der Waals surface area contributed by atoms with Gasteiger partial charge in [-0.2, -0.15) is 0 Å². The average molecular weight is 228 g/mol. The van der Waals surface area contributed by atoms with E-state index in [1.165, 1.54) is 11.1 Å². The van der Waals surface area contributed by atoms with Gasteiger partial charge in [0.25, 0.3) is 0 Å². The molecule has 0 amide bonds. The maximum atomic E-state index is 11.5. The van der Waals surface area contributed by atoms with Gasteiger partial charge < -0.3 is 4.74 Å². The summed E-state index contributed by atoms with van der Waals surface area (Å²) in [5, 5.41) is 0. The first kappa shape index (κ1) is 11.8. The van der Waals surface area contributed by atoms with Gasteiger partial charge in [0.15, 0.2) is 5.78 Å². The summed E-state index contributed by atoms with van der Waals surface area (Å²) in [7, 11) is 1.68. The summed E-state index contributed by atoms with van der Waals surface area (Å²) in [6, 6.07) is 9.98. The van der Waals surface area contributed by atoms with E-state index in [1.807, 2.05) is 18.2 Å². The zero-order chi connectivity index (χ0) is 12.4. The number of ketones is 1. The maximum absolute atomic E-state index is 11.5. The molecule has 17 heavy (non-hydrogen) atoms. The third kappa shape index (κ3) is 2.22. The smallest absolute Gasteiger partial charge is 0.159 e. The van der Waals surface area contributed by atoms with E-state index >= 15 is 0 Å². The summed E-state index contributed by atoms with van der Waals surface area (Å²) < 4.78 is 5.18. The van der Waals surface area contributed by atoms with Crippen molar-refractivity contribution in [3.8, 4) is 11.1 Å². The standard InChI is InChI=1S/C15H16O2/c1-10-4-5-12(11(2)16)8-15-13(9-17-3)6-7-14(10)15/h4-8H,9H2,1-3H3. The summed E-state index contributed by atoms with van der Waals surface area (Å²) in [6.45, 7) is 4.22. The molecule has 0 aromatic carbocycles. The molecule has 2 aliphatic carbocycles. The molecule has 2 rings (SSSR count). The van der Waals surface area contributed by atoms with Gasteiger partial charge >= 0.3 is 0 Å². The van der Waals surface area contributed by atoms with Crippen molar-refractivity contribution in [2.75, 3.05) is 7.11 Å². The Morgan fingerprint density at radius 3 is 2.59 bits per heavy atom. The van der Waals surface area contributed by atoms with Crippen LogP contribution in [0.25, 0.3) is 11.1 Å². The third-order valence-corrected chi connectivity index (χ3v) is 3.03. The summed E-state index contributed by atoms with van der Waals surface area (Å²) in [6.07, 6.45) is 0. The van der Waals surface area contributed by atoms with E-state index in [4.69, 9.17) is 4.74 Å². The fourth-order valence-electron chi connectivity index (χ4n) is 2.06. The molecule has 0 radical (unpaired) electrons. The SMILES string of the molecule is COCc1ccc2c(C)ccc(C(C)=O)cc1-2. The Morgan fingerprint density at radius 1 is 1.18 bits per heavy atom. The number of aryl methyl sites for hydroxylation is 1. The fraction of sp³-hybridized carbons (Fsp3) is 0.267. The molecule has 2 aliphatic rings. The minimum absolute atomic E-state index is 0.0893. The summed E-state index contributed by atoms with van der Waals surface area (Å²) in [5.74, 6) is 0.0893. The third-order valence-electron chi connectivity index (χ3n) is 3.03. The van der Waals surface area contributed by atoms with Crippen molar-refractivity contribution in [1.82, 2.24) is 0 Å². The highest BCUT2D eigenvalue weighted by Gasteiger charge is 2.12. The summed E-state index contributed by atoms with van der Waals surface area (Å²) in [5.41, 5.74) is 5.34. The van der Waals surface area contributed by atoms with Gasteiger partial charge in [-0.1, -0.05) is 24.3 Å². The molecular weight excluding hydrogens is 212 g/mol. The first-order valence-corrected chi connectivity index (χ1v) is 5.65. The van der Waals surface area contributed by atoms with Crippen LogP contribution in [0, 0.1) is 6.92 Å². The Bertz CT molecular complexity index is 529. The highest BCUT2D eigenvalue weighted by Crippen LogP contribution is 2.31. The summed E-state index contributed by atoms with van der Waals surface area (Å²) >= 11 is 0. The number of methoxy groups -OCH3 is 1. The van der Waals surface area contributed by atoms with Gasteiger partial charge in [-0.25, -0.2) is 0 Å². The van der Waals surface area contributed by atoms with E-state index in [1.54, 1.807) is 14.0 Å². The number of Topliss-reactive ketones (excluding diaryl/α,β-unsaturated/α-hetero) is 1. The molecule has 0 atom stereocenters. The molecular formula is C15H16O2. The Kier molecular flexibility index (Phi) is 3.25. The monoisotopic (exact) mass is 228 g/mol. The Labute approximate surface area is 102 Å². The van der Waals surface area contributed by atoms with Gasteiger partial charge in [0, 0.05) is 12.7 Å². The number of ether oxygens (including phenoxy) is 1. The van der Waals surface area contributed by atoms with Crippen molar-refractivity contribution >= 4 is 5.78 Å². The Hall–Kier alpha value is -1.67. The summed E-state index contributed by atoms with van der Waals surface area (Å²) in [4.78, 5) is 11.5. The van der Waals surface area contributed by atoms with Gasteiger partial charge in [0.05, 0.1) is 6.61 Å². The normalized spacial score (nSPS) is 10.8. The second-order valence-electron chi connectivity index (χ2n) is 4.29. The molecule has 0 saturated carbocycles. The molecule has 88 valence electrons. The van der Waals surface area contributed by atoms with E-state index in [0.717, 1.165) is 16.7 Å². The highest BCUT2D eigenvalue weighted by molar-refractivity contribution is 5.95. The molecule has 0 heterocycles. The van der Waals surface area contributed by atoms with E-state index in [0.29, 0.717) is 6.61 Å². The zero-order valence-corrected chi connectivity index (χ0v) is 10.4. The number of fused-ring (bicyclic) bond motifs is 1. The number of carbonyl (C=O) groups excluding carboxylic acids is 1. The molecule has 0 N–H and O–H groups in total. The van der Waals surface area contributed by atoms with Gasteiger partial charge in [0.1, 0.15) is 0 Å². The second-order valence-corrected chi connectivity index (χ2v) is 4.29. The number of rotatable bonds is 3. The van der Waals surface area contributed by atoms with Crippen molar-refractivity contribution in [3.05, 3.63) is 47.0 Å². The molecule has 0 aliphatic heterocycles. The van der Waals surface area contributed by atoms with Crippen LogP contribution in [0.5, 0.6) is 0 Å². The van der Waals surface area contributed by atoms with Crippen LogP contribution in [0.2, 0.25) is 0 Å². The minimum atomic E-state index is 0.0893. The fourth-order valence-corrected chi connectivity index (χ4v) is 2.06. The number of carbonyl (C=O) groups is 1. The lowest BCUT2D eigenvalue weighted by molar-refractivity contribution is 0.101. The lowest BCUT2D eigenvalue weighted by Crippen LogP contribution is -1.90. The highest BCUT2D eigenvalue weighted by atomic mass is 16.5. The van der Waals surface area contributed by atoms with Gasteiger partial charge in [-0.15, -0.1) is 0 Å². The van der Waals surface area contributed by atoms with Crippen LogP contribution in [0.3, 0.4) is 0 Å². The van der Waals surface area contributed by atoms with E-state index in [9.17, 15) is 4.79 Å². The molecule has 0 bridgehead atoms. The minimum Gasteiger partial charge on any atom is -0.380 e. The van der Waals surface area contributed by atoms with Gasteiger partial charge in [0.2, 0.25) is 0 Å². The van der Waals surface area contributed by atoms with Gasteiger partial charge in [-0.3, -0.25) is 4.79 Å².